The van der Waals surface area contributed by atoms with Gasteiger partial charge >= 0.3 is 0 Å². The highest BCUT2D eigenvalue weighted by molar-refractivity contribution is 7.94. The number of aromatic nitrogens is 1. The lowest BCUT2D eigenvalue weighted by Gasteiger charge is -2.26. The standard InChI is InChI=1S/C23H32N8O2S/c1-15(2)31(28-25)22(24)19-7-6-8-21(26-19)27-23(32)18-11-16-13-30(34-29-9-4-5-10-29)14-17(16)12-20(18)33-3/h6-8,11-12,15,24,28H,4-5,9-10,13-14,25H2,1-3H3,(H,26,27,32). The number of fused-ring (bicyclic) bond motifs is 1. The summed E-state index contributed by atoms with van der Waals surface area (Å²) in [6.07, 6.45) is 2.50. The Hall–Kier alpha value is -2.70. The number of hydrogen-bond acceptors (Lipinski definition) is 9. The lowest BCUT2D eigenvalue weighted by atomic mass is 10.0. The molecular weight excluding hydrogens is 452 g/mol. The van der Waals surface area contributed by atoms with Gasteiger partial charge < -0.3 is 10.1 Å². The molecule has 11 heteroatoms. The number of hydrogen-bond donors (Lipinski definition) is 4. The molecule has 1 aromatic heterocycles. The Kier molecular flexibility index (Phi) is 7.69. The molecule has 10 nitrogen and oxygen atoms in total. The van der Waals surface area contributed by atoms with Crippen LogP contribution < -0.4 is 21.4 Å². The number of rotatable bonds is 8. The van der Waals surface area contributed by atoms with Crippen LogP contribution in [-0.4, -0.2) is 56.6 Å². The third-order valence-electron chi connectivity index (χ3n) is 5.89. The maximum Gasteiger partial charge on any atom is 0.260 e. The Morgan fingerprint density at radius 2 is 1.91 bits per heavy atom. The first kappa shape index (κ1) is 24.4. The van der Waals surface area contributed by atoms with Crippen molar-refractivity contribution < 1.29 is 9.53 Å². The second-order valence-electron chi connectivity index (χ2n) is 8.64. The lowest BCUT2D eigenvalue weighted by Crippen LogP contribution is -2.51. The zero-order valence-electron chi connectivity index (χ0n) is 19.8. The van der Waals surface area contributed by atoms with Crippen molar-refractivity contribution in [3.63, 3.8) is 0 Å². The number of carbonyl (C=O) groups excluding carboxylic acids is 1. The van der Waals surface area contributed by atoms with Gasteiger partial charge in [-0.1, -0.05) is 6.07 Å². The Balaban J connectivity index is 1.49. The van der Waals surface area contributed by atoms with Gasteiger partial charge in [-0.3, -0.25) is 21.1 Å². The van der Waals surface area contributed by atoms with E-state index in [4.69, 9.17) is 16.0 Å². The van der Waals surface area contributed by atoms with E-state index >= 15 is 0 Å². The normalized spacial score (nSPS) is 16.0. The van der Waals surface area contributed by atoms with Crippen LogP contribution in [-0.2, 0) is 13.1 Å². The number of methoxy groups -OCH3 is 1. The van der Waals surface area contributed by atoms with Crippen molar-refractivity contribution in [3.8, 4) is 5.75 Å². The lowest BCUT2D eigenvalue weighted by molar-refractivity contribution is 0.102. The largest absolute Gasteiger partial charge is 0.496 e. The Morgan fingerprint density at radius 1 is 1.21 bits per heavy atom. The van der Waals surface area contributed by atoms with E-state index in [9.17, 15) is 4.79 Å². The molecule has 0 bridgehead atoms. The molecule has 1 aromatic carbocycles. The SMILES string of the molecule is COc1cc2c(cc1C(=O)Nc1cccc(C(=N)N(NN)C(C)C)n1)CN(SN1CCCC1)C2. The molecule has 1 fully saturated rings. The fourth-order valence-corrected chi connectivity index (χ4v) is 5.29. The van der Waals surface area contributed by atoms with Crippen molar-refractivity contribution in [1.29, 1.82) is 5.41 Å². The number of hydrazine groups is 2. The molecule has 1 saturated heterocycles. The van der Waals surface area contributed by atoms with Crippen molar-refractivity contribution in [2.24, 2.45) is 5.84 Å². The summed E-state index contributed by atoms with van der Waals surface area (Å²) < 4.78 is 10.3. The number of anilines is 1. The van der Waals surface area contributed by atoms with Gasteiger partial charge in [0, 0.05) is 44.4 Å². The van der Waals surface area contributed by atoms with E-state index in [2.05, 4.69) is 24.4 Å². The summed E-state index contributed by atoms with van der Waals surface area (Å²) in [5.74, 6) is 6.24. The van der Waals surface area contributed by atoms with Crippen LogP contribution in [0.2, 0.25) is 0 Å². The van der Waals surface area contributed by atoms with E-state index in [0.717, 1.165) is 31.7 Å². The molecule has 0 aliphatic carbocycles. The summed E-state index contributed by atoms with van der Waals surface area (Å²) in [6.45, 7) is 7.66. The Labute approximate surface area is 204 Å². The minimum absolute atomic E-state index is 0.0450. The van der Waals surface area contributed by atoms with E-state index in [1.54, 1.807) is 37.4 Å². The van der Waals surface area contributed by atoms with Gasteiger partial charge in [0.1, 0.15) is 17.3 Å². The number of nitrogens with one attached hydrogen (secondary N) is 3. The third-order valence-corrected chi connectivity index (χ3v) is 6.97. The molecule has 1 amide bonds. The third kappa shape index (κ3) is 5.34. The van der Waals surface area contributed by atoms with Crippen molar-refractivity contribution in [3.05, 3.63) is 52.7 Å². The van der Waals surface area contributed by atoms with Gasteiger partial charge in [-0.2, -0.15) is 5.53 Å². The summed E-state index contributed by atoms with van der Waals surface area (Å²) in [6, 6.07) is 8.97. The number of carbonyl (C=O) groups is 1. The second kappa shape index (κ2) is 10.7. The number of ether oxygens (including phenoxy) is 1. The minimum Gasteiger partial charge on any atom is -0.496 e. The van der Waals surface area contributed by atoms with E-state index in [-0.39, 0.29) is 17.8 Å². The molecule has 34 heavy (non-hydrogen) atoms. The van der Waals surface area contributed by atoms with Gasteiger partial charge in [0.25, 0.3) is 5.91 Å². The molecule has 5 N–H and O–H groups in total. The highest BCUT2D eigenvalue weighted by Gasteiger charge is 2.27. The summed E-state index contributed by atoms with van der Waals surface area (Å²) in [5, 5.41) is 12.7. The Bertz CT molecular complexity index is 1060. The van der Waals surface area contributed by atoms with Crippen molar-refractivity contribution in [1.82, 2.24) is 24.1 Å². The van der Waals surface area contributed by atoms with Crippen LogP contribution in [0.25, 0.3) is 0 Å². The molecule has 0 spiro atoms. The molecule has 0 unspecified atom stereocenters. The highest BCUT2D eigenvalue weighted by Crippen LogP contribution is 2.35. The first-order valence-electron chi connectivity index (χ1n) is 11.4. The average Bonchev–Trinajstić information content (AvgIpc) is 3.47. The van der Waals surface area contributed by atoms with Gasteiger partial charge in [0.15, 0.2) is 5.84 Å². The smallest absolute Gasteiger partial charge is 0.260 e. The fourth-order valence-electron chi connectivity index (χ4n) is 4.15. The summed E-state index contributed by atoms with van der Waals surface area (Å²) >= 11 is 1.79. The molecule has 4 rings (SSSR count). The van der Waals surface area contributed by atoms with Crippen LogP contribution in [0.5, 0.6) is 5.75 Å². The Morgan fingerprint density at radius 3 is 2.56 bits per heavy atom. The zero-order valence-corrected chi connectivity index (χ0v) is 20.6. The van der Waals surface area contributed by atoms with Gasteiger partial charge in [0.05, 0.1) is 12.7 Å². The predicted molar refractivity (Wildman–Crippen MR) is 134 cm³/mol. The molecule has 3 heterocycles. The maximum absolute atomic E-state index is 13.2. The highest BCUT2D eigenvalue weighted by atomic mass is 32.2. The van der Waals surface area contributed by atoms with Gasteiger partial charge in [0.2, 0.25) is 0 Å². The molecule has 182 valence electrons. The zero-order chi connectivity index (χ0) is 24.2. The van der Waals surface area contributed by atoms with Crippen molar-refractivity contribution in [2.75, 3.05) is 25.5 Å². The molecule has 2 aliphatic rings. The number of amides is 1. The number of benzene rings is 1. The van der Waals surface area contributed by atoms with E-state index in [1.165, 1.54) is 23.4 Å². The maximum atomic E-state index is 13.2. The second-order valence-corrected chi connectivity index (χ2v) is 9.84. The van der Waals surface area contributed by atoms with Gasteiger partial charge in [-0.05, 0) is 62.1 Å². The first-order chi connectivity index (χ1) is 16.4. The first-order valence-corrected chi connectivity index (χ1v) is 12.1. The van der Waals surface area contributed by atoms with E-state index < -0.39 is 0 Å². The van der Waals surface area contributed by atoms with Crippen LogP contribution in [0.3, 0.4) is 0 Å². The number of nitrogens with two attached hydrogens (primary N) is 1. The fraction of sp³-hybridized carbons (Fsp3) is 0.435. The van der Waals surface area contributed by atoms with Crippen molar-refractivity contribution in [2.45, 2.75) is 45.8 Å². The molecule has 2 aromatic rings. The van der Waals surface area contributed by atoms with Crippen LogP contribution in [0.1, 0.15) is 53.9 Å². The van der Waals surface area contributed by atoms with Gasteiger partial charge in [-0.15, -0.1) is 0 Å². The van der Waals surface area contributed by atoms with E-state index in [0.29, 0.717) is 22.8 Å². The monoisotopic (exact) mass is 484 g/mol. The van der Waals surface area contributed by atoms with Gasteiger partial charge in [-0.25, -0.2) is 13.6 Å². The van der Waals surface area contributed by atoms with Crippen LogP contribution in [0.15, 0.2) is 30.3 Å². The van der Waals surface area contributed by atoms with Crippen LogP contribution in [0, 0.1) is 5.41 Å². The predicted octanol–water partition coefficient (Wildman–Crippen LogP) is 2.73. The number of amidine groups is 1. The molecule has 0 radical (unpaired) electrons. The van der Waals surface area contributed by atoms with Crippen LogP contribution in [0.4, 0.5) is 5.82 Å². The molecular formula is C23H32N8O2S. The minimum atomic E-state index is -0.306. The van der Waals surface area contributed by atoms with E-state index in [1.807, 2.05) is 26.0 Å². The quantitative estimate of drug-likeness (QED) is 0.147. The van der Waals surface area contributed by atoms with Crippen molar-refractivity contribution >= 4 is 29.7 Å². The summed E-state index contributed by atoms with van der Waals surface area (Å²) in [4.78, 5) is 17.6. The number of nitrogens with zero attached hydrogens (tertiary/aromatic N) is 4. The molecule has 0 saturated carbocycles. The number of pyridine rings is 1. The molecule has 0 atom stereocenters. The van der Waals surface area contributed by atoms with Crippen LogP contribution >= 0.6 is 12.1 Å². The summed E-state index contributed by atoms with van der Waals surface area (Å²) in [5.41, 5.74) is 5.66. The summed E-state index contributed by atoms with van der Waals surface area (Å²) in [7, 11) is 1.57. The molecule has 2 aliphatic heterocycles. The topological polar surface area (TPSA) is 123 Å². The average molecular weight is 485 g/mol.